The van der Waals surface area contributed by atoms with Crippen LogP contribution in [-0.4, -0.2) is 28.5 Å². The molecule has 3 N–H and O–H groups in total. The minimum Gasteiger partial charge on any atom is -0.383 e. The van der Waals surface area contributed by atoms with Gasteiger partial charge in [0, 0.05) is 18.5 Å². The Morgan fingerprint density at radius 1 is 1.35 bits per heavy atom. The molecule has 0 bridgehead atoms. The zero-order valence-corrected chi connectivity index (χ0v) is 11.7. The van der Waals surface area contributed by atoms with E-state index in [4.69, 9.17) is 5.73 Å². The van der Waals surface area contributed by atoms with Gasteiger partial charge in [-0.25, -0.2) is 9.97 Å². The van der Waals surface area contributed by atoms with Crippen molar-refractivity contribution in [1.29, 1.82) is 0 Å². The lowest BCUT2D eigenvalue weighted by Gasteiger charge is -2.11. The minimum atomic E-state index is 0.593. The van der Waals surface area contributed by atoms with E-state index in [1.165, 1.54) is 0 Å². The highest BCUT2D eigenvalue weighted by Gasteiger charge is 2.07. The molecule has 0 fully saturated rings. The first-order chi connectivity index (χ1) is 8.19. The van der Waals surface area contributed by atoms with Gasteiger partial charge in [-0.15, -0.1) is 0 Å². The van der Waals surface area contributed by atoms with Crippen molar-refractivity contribution < 1.29 is 0 Å². The maximum atomic E-state index is 5.89. The Morgan fingerprint density at radius 2 is 2.12 bits per heavy atom. The van der Waals surface area contributed by atoms with Gasteiger partial charge in [-0.2, -0.15) is 11.8 Å². The second-order valence-corrected chi connectivity index (χ2v) is 5.01. The van der Waals surface area contributed by atoms with Crippen LogP contribution in [-0.2, 0) is 6.42 Å². The summed E-state index contributed by atoms with van der Waals surface area (Å²) in [4.78, 5) is 8.80. The third-order valence-corrected chi connectivity index (χ3v) is 3.22. The summed E-state index contributed by atoms with van der Waals surface area (Å²) in [5.41, 5.74) is 6.84. The van der Waals surface area contributed by atoms with E-state index in [1.54, 1.807) is 0 Å². The number of aromatic nitrogens is 2. The molecular weight excluding hydrogens is 232 g/mol. The number of thioether (sulfide) groups is 1. The van der Waals surface area contributed by atoms with E-state index in [0.717, 1.165) is 48.8 Å². The van der Waals surface area contributed by atoms with Crippen LogP contribution < -0.4 is 11.1 Å². The summed E-state index contributed by atoms with van der Waals surface area (Å²) < 4.78 is 0. The average Bonchev–Trinajstić information content (AvgIpc) is 2.31. The van der Waals surface area contributed by atoms with Gasteiger partial charge in [-0.05, 0) is 31.8 Å². The Morgan fingerprint density at radius 3 is 2.76 bits per heavy atom. The standard InChI is InChI=1S/C12H22N4S/c1-4-6-10-15-11(13)9(2)12(16-10)14-7-5-8-17-3/h4-8H2,1-3H3,(H3,13,14,15,16). The molecule has 0 saturated carbocycles. The molecule has 1 aromatic rings. The lowest BCUT2D eigenvalue weighted by molar-refractivity contribution is 0.831. The Labute approximate surface area is 108 Å². The molecule has 4 nitrogen and oxygen atoms in total. The maximum Gasteiger partial charge on any atom is 0.134 e. The van der Waals surface area contributed by atoms with Gasteiger partial charge >= 0.3 is 0 Å². The monoisotopic (exact) mass is 254 g/mol. The molecule has 1 rings (SSSR count). The molecule has 0 aliphatic rings. The summed E-state index contributed by atoms with van der Waals surface area (Å²) in [6, 6.07) is 0. The molecule has 0 amide bonds. The van der Waals surface area contributed by atoms with E-state index in [1.807, 2.05) is 18.7 Å². The van der Waals surface area contributed by atoms with Gasteiger partial charge in [-0.1, -0.05) is 6.92 Å². The molecule has 0 aliphatic heterocycles. The molecule has 0 unspecified atom stereocenters. The van der Waals surface area contributed by atoms with Crippen LogP contribution in [0.4, 0.5) is 11.6 Å². The van der Waals surface area contributed by atoms with Crippen molar-refractivity contribution >= 4 is 23.4 Å². The van der Waals surface area contributed by atoms with Crippen molar-refractivity contribution in [3.63, 3.8) is 0 Å². The third-order valence-electron chi connectivity index (χ3n) is 2.52. The van der Waals surface area contributed by atoms with Crippen LogP contribution in [0, 0.1) is 6.92 Å². The third kappa shape index (κ3) is 4.42. The van der Waals surface area contributed by atoms with Crippen LogP contribution in [0.25, 0.3) is 0 Å². The Hall–Kier alpha value is -0.970. The molecular formula is C12H22N4S. The van der Waals surface area contributed by atoms with E-state index in [9.17, 15) is 0 Å². The van der Waals surface area contributed by atoms with Crippen LogP contribution in [0.1, 0.15) is 31.2 Å². The largest absolute Gasteiger partial charge is 0.383 e. The number of nitrogen functional groups attached to an aromatic ring is 1. The fourth-order valence-electron chi connectivity index (χ4n) is 1.51. The number of anilines is 2. The highest BCUT2D eigenvalue weighted by atomic mass is 32.2. The van der Waals surface area contributed by atoms with Crippen LogP contribution in [0.3, 0.4) is 0 Å². The molecule has 17 heavy (non-hydrogen) atoms. The summed E-state index contributed by atoms with van der Waals surface area (Å²) in [5, 5.41) is 3.34. The summed E-state index contributed by atoms with van der Waals surface area (Å²) in [7, 11) is 0. The summed E-state index contributed by atoms with van der Waals surface area (Å²) in [6.07, 6.45) is 5.17. The molecule has 5 heteroatoms. The minimum absolute atomic E-state index is 0.593. The molecule has 0 aliphatic carbocycles. The zero-order valence-electron chi connectivity index (χ0n) is 10.9. The van der Waals surface area contributed by atoms with E-state index < -0.39 is 0 Å². The number of nitrogens with one attached hydrogen (secondary N) is 1. The topological polar surface area (TPSA) is 63.8 Å². The summed E-state index contributed by atoms with van der Waals surface area (Å²) in [5.74, 6) is 3.48. The van der Waals surface area contributed by atoms with E-state index >= 15 is 0 Å². The van der Waals surface area contributed by atoms with Gasteiger partial charge in [0.1, 0.15) is 17.5 Å². The van der Waals surface area contributed by atoms with Crippen molar-refractivity contribution in [2.45, 2.75) is 33.1 Å². The predicted molar refractivity (Wildman–Crippen MR) is 76.7 cm³/mol. The van der Waals surface area contributed by atoms with Crippen LogP contribution in [0.2, 0.25) is 0 Å². The summed E-state index contributed by atoms with van der Waals surface area (Å²) >= 11 is 1.86. The van der Waals surface area contributed by atoms with E-state index in [2.05, 4.69) is 28.5 Å². The van der Waals surface area contributed by atoms with Crippen LogP contribution >= 0.6 is 11.8 Å². The van der Waals surface area contributed by atoms with E-state index in [0.29, 0.717) is 5.82 Å². The van der Waals surface area contributed by atoms with Crippen LogP contribution in [0.5, 0.6) is 0 Å². The predicted octanol–water partition coefficient (Wildman–Crippen LogP) is 2.48. The normalized spacial score (nSPS) is 10.5. The van der Waals surface area contributed by atoms with Crippen molar-refractivity contribution in [1.82, 2.24) is 9.97 Å². The highest BCUT2D eigenvalue weighted by Crippen LogP contribution is 2.17. The van der Waals surface area contributed by atoms with Gasteiger partial charge < -0.3 is 11.1 Å². The molecule has 0 aromatic carbocycles. The van der Waals surface area contributed by atoms with Gasteiger partial charge in [0.15, 0.2) is 0 Å². The smallest absolute Gasteiger partial charge is 0.134 e. The molecule has 96 valence electrons. The van der Waals surface area contributed by atoms with Crippen molar-refractivity contribution in [2.24, 2.45) is 0 Å². The average molecular weight is 254 g/mol. The first-order valence-electron chi connectivity index (χ1n) is 6.04. The maximum absolute atomic E-state index is 5.89. The number of rotatable bonds is 7. The molecule has 0 spiro atoms. The van der Waals surface area contributed by atoms with Crippen LogP contribution in [0.15, 0.2) is 0 Å². The lowest BCUT2D eigenvalue weighted by atomic mass is 10.2. The molecule has 0 radical (unpaired) electrons. The highest BCUT2D eigenvalue weighted by molar-refractivity contribution is 7.98. The fourth-order valence-corrected chi connectivity index (χ4v) is 1.95. The van der Waals surface area contributed by atoms with Gasteiger partial charge in [0.2, 0.25) is 0 Å². The quantitative estimate of drug-likeness (QED) is 0.732. The number of nitrogens with zero attached hydrogens (tertiary/aromatic N) is 2. The van der Waals surface area contributed by atoms with Gasteiger partial charge in [0.05, 0.1) is 0 Å². The number of aryl methyl sites for hydroxylation is 1. The molecule has 1 heterocycles. The van der Waals surface area contributed by atoms with Gasteiger partial charge in [0.25, 0.3) is 0 Å². The summed E-state index contributed by atoms with van der Waals surface area (Å²) in [6.45, 7) is 5.01. The Balaban J connectivity index is 2.68. The lowest BCUT2D eigenvalue weighted by Crippen LogP contribution is -2.11. The van der Waals surface area contributed by atoms with E-state index in [-0.39, 0.29) is 0 Å². The number of nitrogens with two attached hydrogens (primary N) is 1. The number of hydrogen-bond donors (Lipinski definition) is 2. The zero-order chi connectivity index (χ0) is 12.7. The first-order valence-corrected chi connectivity index (χ1v) is 7.44. The second-order valence-electron chi connectivity index (χ2n) is 4.02. The molecule has 0 saturated heterocycles. The Bertz CT molecular complexity index is 355. The SMILES string of the molecule is CCCc1nc(N)c(C)c(NCCCSC)n1. The fraction of sp³-hybridized carbons (Fsp3) is 0.667. The number of hydrogen-bond acceptors (Lipinski definition) is 5. The first kappa shape index (κ1) is 14.1. The molecule has 0 atom stereocenters. The van der Waals surface area contributed by atoms with Crippen molar-refractivity contribution in [3.8, 4) is 0 Å². The Kier molecular flexibility index (Phi) is 6.11. The second kappa shape index (κ2) is 7.37. The van der Waals surface area contributed by atoms with Gasteiger partial charge in [-0.3, -0.25) is 0 Å². The van der Waals surface area contributed by atoms with Crippen molar-refractivity contribution in [3.05, 3.63) is 11.4 Å². The molecule has 1 aromatic heterocycles. The van der Waals surface area contributed by atoms with Crippen molar-refractivity contribution in [2.75, 3.05) is 29.6 Å².